The predicted octanol–water partition coefficient (Wildman–Crippen LogP) is 3.75. The van der Waals surface area contributed by atoms with Crippen LogP contribution in [0.5, 0.6) is 17.2 Å². The number of hydrazone groups is 1. The van der Waals surface area contributed by atoms with Crippen LogP contribution in [-0.2, 0) is 4.79 Å². The highest BCUT2D eigenvalue weighted by Crippen LogP contribution is 2.17. The second kappa shape index (κ2) is 10.6. The van der Waals surface area contributed by atoms with Gasteiger partial charge in [-0.1, -0.05) is 18.2 Å². The Kier molecular flexibility index (Phi) is 7.37. The lowest BCUT2D eigenvalue weighted by Crippen LogP contribution is -2.24. The highest BCUT2D eigenvalue weighted by molar-refractivity contribution is 5.91. The molecular weight excluding hydrogens is 396 g/mol. The number of ether oxygens (including phenoxy) is 3. The standard InChI is InChI=1S/C24H22N2O5/c1-17-5-3-4-6-22(17)30-16-23(27)26-25-15-18-7-11-21(12-8-18)31-24(28)19-9-13-20(29-2)14-10-19/h3-15H,16H2,1-2H3,(H,26,27)/b25-15-. The molecule has 0 aliphatic heterocycles. The molecule has 3 aromatic carbocycles. The Morgan fingerprint density at radius 2 is 1.61 bits per heavy atom. The van der Waals surface area contributed by atoms with Crippen LogP contribution in [-0.4, -0.2) is 31.8 Å². The summed E-state index contributed by atoms with van der Waals surface area (Å²) in [6, 6.07) is 20.8. The van der Waals surface area contributed by atoms with Crippen molar-refractivity contribution in [3.63, 3.8) is 0 Å². The Morgan fingerprint density at radius 3 is 2.29 bits per heavy atom. The SMILES string of the molecule is COc1ccc(C(=O)Oc2ccc(/C=N\NC(=O)COc3ccccc3C)cc2)cc1. The van der Waals surface area contributed by atoms with E-state index >= 15 is 0 Å². The van der Waals surface area contributed by atoms with Crippen LogP contribution in [0, 0.1) is 6.92 Å². The summed E-state index contributed by atoms with van der Waals surface area (Å²) in [5.41, 5.74) is 4.50. The van der Waals surface area contributed by atoms with Crippen LogP contribution in [0.3, 0.4) is 0 Å². The first-order valence-electron chi connectivity index (χ1n) is 9.52. The van der Waals surface area contributed by atoms with E-state index in [-0.39, 0.29) is 12.5 Å². The van der Waals surface area contributed by atoms with Crippen LogP contribution >= 0.6 is 0 Å². The smallest absolute Gasteiger partial charge is 0.343 e. The maximum absolute atomic E-state index is 12.2. The summed E-state index contributed by atoms with van der Waals surface area (Å²) in [4.78, 5) is 24.0. The minimum atomic E-state index is -0.468. The van der Waals surface area contributed by atoms with Crippen LogP contribution < -0.4 is 19.6 Å². The summed E-state index contributed by atoms with van der Waals surface area (Å²) < 4.78 is 15.9. The first-order valence-corrected chi connectivity index (χ1v) is 9.52. The summed E-state index contributed by atoms with van der Waals surface area (Å²) in [7, 11) is 1.56. The van der Waals surface area contributed by atoms with Crippen LogP contribution in [0.25, 0.3) is 0 Å². The number of carbonyl (C=O) groups is 2. The van der Waals surface area contributed by atoms with E-state index in [1.54, 1.807) is 61.7 Å². The number of hydrogen-bond donors (Lipinski definition) is 1. The highest BCUT2D eigenvalue weighted by Gasteiger charge is 2.08. The van der Waals surface area contributed by atoms with Gasteiger partial charge in [0.05, 0.1) is 18.9 Å². The Morgan fingerprint density at radius 1 is 0.935 bits per heavy atom. The number of para-hydroxylation sites is 1. The van der Waals surface area contributed by atoms with Crippen LogP contribution in [0.4, 0.5) is 0 Å². The molecule has 0 aromatic heterocycles. The number of methoxy groups -OCH3 is 1. The number of benzene rings is 3. The molecule has 0 saturated carbocycles. The van der Waals surface area contributed by atoms with Crippen molar-refractivity contribution in [3.05, 3.63) is 89.5 Å². The second-order valence-electron chi connectivity index (χ2n) is 6.53. The summed E-state index contributed by atoms with van der Waals surface area (Å²) in [5.74, 6) is 0.874. The lowest BCUT2D eigenvalue weighted by atomic mass is 10.2. The van der Waals surface area contributed by atoms with E-state index in [1.165, 1.54) is 6.21 Å². The largest absolute Gasteiger partial charge is 0.497 e. The number of carbonyl (C=O) groups excluding carboxylic acids is 2. The van der Waals surface area contributed by atoms with Gasteiger partial charge in [-0.3, -0.25) is 4.79 Å². The number of rotatable bonds is 8. The third kappa shape index (κ3) is 6.43. The van der Waals surface area contributed by atoms with E-state index in [1.807, 2.05) is 25.1 Å². The van der Waals surface area contributed by atoms with Crippen LogP contribution in [0.1, 0.15) is 21.5 Å². The van der Waals surface area contributed by atoms with Crippen LogP contribution in [0.2, 0.25) is 0 Å². The molecule has 158 valence electrons. The molecule has 7 nitrogen and oxygen atoms in total. The van der Waals surface area contributed by atoms with Crippen LogP contribution in [0.15, 0.2) is 77.9 Å². The van der Waals surface area contributed by atoms with E-state index in [2.05, 4.69) is 10.5 Å². The number of aryl methyl sites for hydroxylation is 1. The molecule has 0 atom stereocenters. The first-order chi connectivity index (χ1) is 15.0. The molecule has 31 heavy (non-hydrogen) atoms. The van der Waals surface area contributed by atoms with E-state index in [0.29, 0.717) is 22.8 Å². The van der Waals surface area contributed by atoms with Crippen molar-refractivity contribution in [2.45, 2.75) is 6.92 Å². The van der Waals surface area contributed by atoms with Gasteiger partial charge in [0.1, 0.15) is 17.2 Å². The fraction of sp³-hybridized carbons (Fsp3) is 0.125. The Bertz CT molecular complexity index is 1060. The van der Waals surface area contributed by atoms with Gasteiger partial charge in [-0.15, -0.1) is 0 Å². The van der Waals surface area contributed by atoms with Gasteiger partial charge in [0.2, 0.25) is 0 Å². The Labute approximate surface area is 180 Å². The van der Waals surface area contributed by atoms with E-state index in [4.69, 9.17) is 14.2 Å². The second-order valence-corrected chi connectivity index (χ2v) is 6.53. The van der Waals surface area contributed by atoms with Gasteiger partial charge < -0.3 is 14.2 Å². The normalized spacial score (nSPS) is 10.5. The van der Waals surface area contributed by atoms with Crippen molar-refractivity contribution in [3.8, 4) is 17.2 Å². The zero-order chi connectivity index (χ0) is 22.1. The van der Waals surface area contributed by atoms with E-state index in [9.17, 15) is 9.59 Å². The number of hydrogen-bond acceptors (Lipinski definition) is 6. The van der Waals surface area contributed by atoms with E-state index in [0.717, 1.165) is 11.1 Å². The number of amides is 1. The number of esters is 1. The predicted molar refractivity (Wildman–Crippen MR) is 117 cm³/mol. The monoisotopic (exact) mass is 418 g/mol. The zero-order valence-corrected chi connectivity index (χ0v) is 17.2. The van der Waals surface area contributed by atoms with Crippen molar-refractivity contribution in [2.75, 3.05) is 13.7 Å². The van der Waals surface area contributed by atoms with Crippen molar-refractivity contribution < 1.29 is 23.8 Å². The maximum atomic E-state index is 12.2. The van der Waals surface area contributed by atoms with Gasteiger partial charge in [-0.25, -0.2) is 10.2 Å². The minimum Gasteiger partial charge on any atom is -0.497 e. The third-order valence-corrected chi connectivity index (χ3v) is 4.27. The third-order valence-electron chi connectivity index (χ3n) is 4.27. The highest BCUT2D eigenvalue weighted by atomic mass is 16.5. The van der Waals surface area contributed by atoms with Crippen molar-refractivity contribution in [2.24, 2.45) is 5.10 Å². The lowest BCUT2D eigenvalue weighted by Gasteiger charge is -2.07. The topological polar surface area (TPSA) is 86.2 Å². The molecule has 0 fully saturated rings. The fourth-order valence-corrected chi connectivity index (χ4v) is 2.59. The summed E-state index contributed by atoms with van der Waals surface area (Å²) in [6.07, 6.45) is 1.49. The molecule has 0 aliphatic carbocycles. The van der Waals surface area contributed by atoms with Crippen molar-refractivity contribution in [1.82, 2.24) is 5.43 Å². The summed E-state index contributed by atoms with van der Waals surface area (Å²) in [5, 5.41) is 3.91. The molecule has 0 heterocycles. The van der Waals surface area contributed by atoms with Gasteiger partial charge in [-0.2, -0.15) is 5.10 Å². The molecule has 0 bridgehead atoms. The molecule has 1 amide bonds. The summed E-state index contributed by atoms with van der Waals surface area (Å²) in [6.45, 7) is 1.77. The molecule has 0 saturated heterocycles. The van der Waals surface area contributed by atoms with Gasteiger partial charge in [0.25, 0.3) is 5.91 Å². The molecule has 3 aromatic rings. The van der Waals surface area contributed by atoms with Crippen molar-refractivity contribution in [1.29, 1.82) is 0 Å². The van der Waals surface area contributed by atoms with Gasteiger partial charge >= 0.3 is 5.97 Å². The number of nitrogens with zero attached hydrogens (tertiary/aromatic N) is 1. The molecule has 0 radical (unpaired) electrons. The Hall–Kier alpha value is -4.13. The molecule has 1 N–H and O–H groups in total. The van der Waals surface area contributed by atoms with E-state index < -0.39 is 5.97 Å². The lowest BCUT2D eigenvalue weighted by molar-refractivity contribution is -0.123. The Balaban J connectivity index is 1.47. The van der Waals surface area contributed by atoms with Gasteiger partial charge in [0, 0.05) is 0 Å². The minimum absolute atomic E-state index is 0.136. The quantitative estimate of drug-likeness (QED) is 0.261. The molecule has 0 unspecified atom stereocenters. The first kappa shape index (κ1) is 21.6. The molecule has 0 spiro atoms. The molecule has 0 aliphatic rings. The average molecular weight is 418 g/mol. The van der Waals surface area contributed by atoms with Gasteiger partial charge in [0.15, 0.2) is 6.61 Å². The molecule has 3 rings (SSSR count). The van der Waals surface area contributed by atoms with Crippen molar-refractivity contribution >= 4 is 18.1 Å². The maximum Gasteiger partial charge on any atom is 0.343 e. The number of nitrogens with one attached hydrogen (secondary N) is 1. The zero-order valence-electron chi connectivity index (χ0n) is 17.2. The molecule has 7 heteroatoms. The molecular formula is C24H22N2O5. The average Bonchev–Trinajstić information content (AvgIpc) is 2.79. The van der Waals surface area contributed by atoms with Gasteiger partial charge in [-0.05, 0) is 72.6 Å². The summed E-state index contributed by atoms with van der Waals surface area (Å²) >= 11 is 0. The fourth-order valence-electron chi connectivity index (χ4n) is 2.59.